The summed E-state index contributed by atoms with van der Waals surface area (Å²) >= 11 is 0. The molecule has 2 aliphatic heterocycles. The van der Waals surface area contributed by atoms with Gasteiger partial charge in [0, 0.05) is 6.54 Å². The van der Waals surface area contributed by atoms with Gasteiger partial charge in [-0.05, 0) is 71.8 Å². The molecule has 0 amide bonds. The lowest BCUT2D eigenvalue weighted by Crippen LogP contribution is -2.41. The lowest BCUT2D eigenvalue weighted by molar-refractivity contribution is -0.149. The number of nitrogens with zero attached hydrogens (tertiary/aromatic N) is 2. The molecule has 0 saturated carbocycles. The molecule has 2 rings (SSSR count). The average Bonchev–Trinajstić information content (AvgIpc) is 2.49. The van der Waals surface area contributed by atoms with Gasteiger partial charge in [-0.2, -0.15) is 0 Å². The van der Waals surface area contributed by atoms with Crippen LogP contribution in [0.5, 0.6) is 0 Å². The number of hydrogen-bond donors (Lipinski definition) is 0. The van der Waals surface area contributed by atoms with E-state index in [0.717, 1.165) is 32.5 Å². The molecule has 2 aliphatic rings. The number of hydrogen-bond acceptors (Lipinski definition) is 4. The first-order valence-corrected chi connectivity index (χ1v) is 8.41. The minimum Gasteiger partial charge on any atom is -0.466 e. The van der Waals surface area contributed by atoms with Gasteiger partial charge in [-0.1, -0.05) is 6.42 Å². The molecule has 0 aromatic carbocycles. The standard InChI is InChI=1S/C16H30N2O2/c1-2-20-16(19)15-8-6-11-18(14-15)13-7-12-17-9-4-3-5-10-17/h15H,2-14H2,1H3. The maximum atomic E-state index is 11.8. The molecule has 20 heavy (non-hydrogen) atoms. The zero-order valence-corrected chi connectivity index (χ0v) is 13.0. The monoisotopic (exact) mass is 282 g/mol. The van der Waals surface area contributed by atoms with E-state index in [2.05, 4.69) is 9.80 Å². The van der Waals surface area contributed by atoms with E-state index in [1.165, 1.54) is 45.3 Å². The van der Waals surface area contributed by atoms with E-state index in [-0.39, 0.29) is 11.9 Å². The van der Waals surface area contributed by atoms with Crippen molar-refractivity contribution in [2.24, 2.45) is 5.92 Å². The Kier molecular flexibility index (Phi) is 6.80. The second kappa shape index (κ2) is 8.63. The summed E-state index contributed by atoms with van der Waals surface area (Å²) in [4.78, 5) is 16.9. The molecule has 4 heteroatoms. The van der Waals surface area contributed by atoms with Crippen molar-refractivity contribution in [1.29, 1.82) is 0 Å². The number of carbonyl (C=O) groups excluding carboxylic acids is 1. The Bertz CT molecular complexity index is 290. The number of piperidine rings is 2. The molecule has 2 heterocycles. The second-order valence-electron chi connectivity index (χ2n) is 6.15. The topological polar surface area (TPSA) is 32.8 Å². The lowest BCUT2D eigenvalue weighted by Gasteiger charge is -2.32. The molecule has 0 aromatic rings. The van der Waals surface area contributed by atoms with Crippen molar-refractivity contribution in [1.82, 2.24) is 9.80 Å². The van der Waals surface area contributed by atoms with Gasteiger partial charge >= 0.3 is 5.97 Å². The Balaban J connectivity index is 1.63. The summed E-state index contributed by atoms with van der Waals surface area (Å²) in [7, 11) is 0. The molecule has 2 fully saturated rings. The van der Waals surface area contributed by atoms with E-state index in [1.54, 1.807) is 0 Å². The van der Waals surface area contributed by atoms with E-state index in [4.69, 9.17) is 4.74 Å². The summed E-state index contributed by atoms with van der Waals surface area (Å²) in [5.74, 6) is 0.118. The van der Waals surface area contributed by atoms with E-state index >= 15 is 0 Å². The molecule has 1 atom stereocenters. The first-order valence-electron chi connectivity index (χ1n) is 8.41. The van der Waals surface area contributed by atoms with Crippen molar-refractivity contribution >= 4 is 5.97 Å². The van der Waals surface area contributed by atoms with Gasteiger partial charge in [0.25, 0.3) is 0 Å². The van der Waals surface area contributed by atoms with Crippen LogP contribution >= 0.6 is 0 Å². The molecule has 1 unspecified atom stereocenters. The zero-order chi connectivity index (χ0) is 14.2. The number of esters is 1. The van der Waals surface area contributed by atoms with Crippen LogP contribution < -0.4 is 0 Å². The van der Waals surface area contributed by atoms with Gasteiger partial charge < -0.3 is 14.5 Å². The predicted octanol–water partition coefficient (Wildman–Crippen LogP) is 2.14. The van der Waals surface area contributed by atoms with Crippen LogP contribution in [-0.4, -0.2) is 61.6 Å². The Labute approximate surface area is 123 Å². The van der Waals surface area contributed by atoms with Gasteiger partial charge in [0.1, 0.15) is 0 Å². The first-order chi connectivity index (χ1) is 9.79. The highest BCUT2D eigenvalue weighted by Gasteiger charge is 2.26. The van der Waals surface area contributed by atoms with E-state index in [0.29, 0.717) is 6.61 Å². The van der Waals surface area contributed by atoms with Crippen molar-refractivity contribution in [2.75, 3.05) is 45.9 Å². The van der Waals surface area contributed by atoms with Crippen molar-refractivity contribution in [3.8, 4) is 0 Å². The molecule has 0 radical (unpaired) electrons. The number of ether oxygens (including phenoxy) is 1. The van der Waals surface area contributed by atoms with Crippen molar-refractivity contribution in [3.05, 3.63) is 0 Å². The highest BCUT2D eigenvalue weighted by Crippen LogP contribution is 2.18. The summed E-state index contributed by atoms with van der Waals surface area (Å²) in [6, 6.07) is 0. The summed E-state index contributed by atoms with van der Waals surface area (Å²) in [5, 5.41) is 0. The fraction of sp³-hybridized carbons (Fsp3) is 0.938. The van der Waals surface area contributed by atoms with Crippen LogP contribution in [0.1, 0.15) is 45.4 Å². The Morgan fingerprint density at radius 1 is 1.05 bits per heavy atom. The van der Waals surface area contributed by atoms with Crippen molar-refractivity contribution in [2.45, 2.75) is 45.4 Å². The molecule has 0 spiro atoms. The van der Waals surface area contributed by atoms with Crippen LogP contribution in [0.25, 0.3) is 0 Å². The second-order valence-corrected chi connectivity index (χ2v) is 6.15. The molecular weight excluding hydrogens is 252 g/mol. The fourth-order valence-electron chi connectivity index (χ4n) is 3.41. The molecular formula is C16H30N2O2. The molecule has 4 nitrogen and oxygen atoms in total. The van der Waals surface area contributed by atoms with Gasteiger partial charge in [-0.25, -0.2) is 0 Å². The van der Waals surface area contributed by atoms with Crippen LogP contribution in [0, 0.1) is 5.92 Å². The average molecular weight is 282 g/mol. The normalized spacial score (nSPS) is 25.6. The Morgan fingerprint density at radius 2 is 1.75 bits per heavy atom. The Morgan fingerprint density at radius 3 is 2.50 bits per heavy atom. The van der Waals surface area contributed by atoms with E-state index in [9.17, 15) is 4.79 Å². The fourth-order valence-corrected chi connectivity index (χ4v) is 3.41. The summed E-state index contributed by atoms with van der Waals surface area (Å²) < 4.78 is 5.16. The summed E-state index contributed by atoms with van der Waals surface area (Å²) in [6.07, 6.45) is 7.51. The summed E-state index contributed by atoms with van der Waals surface area (Å²) in [6.45, 7) is 9.36. The van der Waals surface area contributed by atoms with Gasteiger partial charge in [0.15, 0.2) is 0 Å². The highest BCUT2D eigenvalue weighted by atomic mass is 16.5. The largest absolute Gasteiger partial charge is 0.466 e. The maximum absolute atomic E-state index is 11.8. The number of likely N-dealkylation sites (tertiary alicyclic amines) is 2. The molecule has 116 valence electrons. The predicted molar refractivity (Wildman–Crippen MR) is 80.7 cm³/mol. The van der Waals surface area contributed by atoms with Crippen molar-refractivity contribution in [3.63, 3.8) is 0 Å². The third kappa shape index (κ3) is 5.06. The molecule has 0 aromatic heterocycles. The van der Waals surface area contributed by atoms with Crippen molar-refractivity contribution < 1.29 is 9.53 Å². The lowest BCUT2D eigenvalue weighted by atomic mass is 9.98. The molecule has 0 aliphatic carbocycles. The molecule has 0 bridgehead atoms. The minimum absolute atomic E-state index is 0.00762. The number of rotatable bonds is 6. The van der Waals surface area contributed by atoms with Crippen LogP contribution in [0.15, 0.2) is 0 Å². The highest BCUT2D eigenvalue weighted by molar-refractivity contribution is 5.72. The van der Waals surface area contributed by atoms with E-state index < -0.39 is 0 Å². The summed E-state index contributed by atoms with van der Waals surface area (Å²) in [5.41, 5.74) is 0. The first kappa shape index (κ1) is 15.8. The van der Waals surface area contributed by atoms with E-state index in [1.807, 2.05) is 6.92 Å². The third-order valence-corrected chi connectivity index (χ3v) is 4.52. The van der Waals surface area contributed by atoms with Gasteiger partial charge in [0.2, 0.25) is 0 Å². The van der Waals surface area contributed by atoms with Gasteiger partial charge in [-0.15, -0.1) is 0 Å². The van der Waals surface area contributed by atoms with Gasteiger partial charge in [0.05, 0.1) is 12.5 Å². The number of carbonyl (C=O) groups is 1. The minimum atomic E-state index is 0.00762. The smallest absolute Gasteiger partial charge is 0.310 e. The maximum Gasteiger partial charge on any atom is 0.310 e. The van der Waals surface area contributed by atoms with Crippen LogP contribution in [-0.2, 0) is 9.53 Å². The van der Waals surface area contributed by atoms with Crippen LogP contribution in [0.3, 0.4) is 0 Å². The zero-order valence-electron chi connectivity index (χ0n) is 13.0. The molecule has 2 saturated heterocycles. The van der Waals surface area contributed by atoms with Crippen LogP contribution in [0.2, 0.25) is 0 Å². The van der Waals surface area contributed by atoms with Gasteiger partial charge in [-0.3, -0.25) is 4.79 Å². The quantitative estimate of drug-likeness (QED) is 0.699. The van der Waals surface area contributed by atoms with Crippen LogP contribution in [0.4, 0.5) is 0 Å². The molecule has 0 N–H and O–H groups in total. The SMILES string of the molecule is CCOC(=O)C1CCCN(CCCN2CCCCC2)C1. The third-order valence-electron chi connectivity index (χ3n) is 4.52. The Hall–Kier alpha value is -0.610.